The van der Waals surface area contributed by atoms with E-state index in [0.717, 1.165) is 43.0 Å². The van der Waals surface area contributed by atoms with Gasteiger partial charge in [0.05, 0.1) is 11.4 Å². The van der Waals surface area contributed by atoms with Gasteiger partial charge in [0.25, 0.3) is 0 Å². The van der Waals surface area contributed by atoms with E-state index in [1.807, 2.05) is 13.0 Å². The van der Waals surface area contributed by atoms with Gasteiger partial charge in [0.2, 0.25) is 10.0 Å². The summed E-state index contributed by atoms with van der Waals surface area (Å²) >= 11 is 0. The predicted octanol–water partition coefficient (Wildman–Crippen LogP) is 3.22. The van der Waals surface area contributed by atoms with Crippen LogP contribution < -0.4 is 9.62 Å². The minimum absolute atomic E-state index is 0.0368. The molecule has 158 valence electrons. The van der Waals surface area contributed by atoms with Crippen molar-refractivity contribution >= 4 is 15.8 Å². The molecule has 3 heterocycles. The monoisotopic (exact) mass is 427 g/mol. The molecule has 1 aliphatic heterocycles. The van der Waals surface area contributed by atoms with Gasteiger partial charge in [0.1, 0.15) is 23.6 Å². The number of benzene rings is 1. The molecule has 2 aromatic heterocycles. The summed E-state index contributed by atoms with van der Waals surface area (Å²) in [5.74, 6) is 1.89. The number of piperidine rings is 1. The largest absolute Gasteiger partial charge is 0.449 e. The van der Waals surface area contributed by atoms with E-state index < -0.39 is 10.0 Å². The molecule has 0 atom stereocenters. The third kappa shape index (κ3) is 4.68. The lowest BCUT2D eigenvalue weighted by Gasteiger charge is -2.28. The summed E-state index contributed by atoms with van der Waals surface area (Å²) in [6.07, 6.45) is 5.08. The number of oxazole rings is 1. The van der Waals surface area contributed by atoms with Crippen LogP contribution in [0.4, 0.5) is 5.82 Å². The van der Waals surface area contributed by atoms with Crippen molar-refractivity contribution in [1.29, 1.82) is 0 Å². The molecule has 1 N–H and O–H groups in total. The Morgan fingerprint density at radius 2 is 1.77 bits per heavy atom. The van der Waals surface area contributed by atoms with Crippen LogP contribution in [0.1, 0.15) is 36.7 Å². The first kappa shape index (κ1) is 20.5. The molecule has 8 nitrogen and oxygen atoms in total. The lowest BCUT2D eigenvalue weighted by atomic mass is 10.1. The van der Waals surface area contributed by atoms with E-state index in [2.05, 4.69) is 24.6 Å². The van der Waals surface area contributed by atoms with Crippen molar-refractivity contribution in [3.8, 4) is 11.3 Å². The molecule has 0 saturated carbocycles. The van der Waals surface area contributed by atoms with Crippen molar-refractivity contribution in [3.63, 3.8) is 0 Å². The number of aryl methyl sites for hydroxylation is 2. The van der Waals surface area contributed by atoms with Crippen LogP contribution in [-0.4, -0.2) is 36.5 Å². The molecule has 3 aromatic rings. The maximum atomic E-state index is 12.7. The Morgan fingerprint density at radius 1 is 1.03 bits per heavy atom. The summed E-state index contributed by atoms with van der Waals surface area (Å²) in [5, 5.41) is 0. The molecule has 0 bridgehead atoms. The van der Waals surface area contributed by atoms with E-state index in [4.69, 9.17) is 4.42 Å². The number of aromatic nitrogens is 3. The van der Waals surface area contributed by atoms with Gasteiger partial charge in [0, 0.05) is 37.3 Å². The highest BCUT2D eigenvalue weighted by atomic mass is 32.2. The topological polar surface area (TPSA) is 101 Å². The molecular formula is C21H25N5O3S. The molecule has 1 fully saturated rings. The molecule has 4 rings (SSSR count). The molecule has 1 aromatic carbocycles. The highest BCUT2D eigenvalue weighted by Crippen LogP contribution is 2.21. The van der Waals surface area contributed by atoms with Crippen molar-refractivity contribution in [2.24, 2.45) is 0 Å². The Bertz CT molecular complexity index is 1120. The SMILES string of the molecule is Cc1cc(N2CCCCC2)nc(CNS(=O)(=O)c2ccc(-c3coc(C)n3)cc2)n1. The first-order chi connectivity index (χ1) is 14.4. The van der Waals surface area contributed by atoms with Gasteiger partial charge in [0.15, 0.2) is 5.89 Å². The number of nitrogens with one attached hydrogen (secondary N) is 1. The van der Waals surface area contributed by atoms with Crippen molar-refractivity contribution in [1.82, 2.24) is 19.7 Å². The Kier molecular flexibility index (Phi) is 5.83. The number of anilines is 1. The summed E-state index contributed by atoms with van der Waals surface area (Å²) in [6, 6.07) is 8.48. The van der Waals surface area contributed by atoms with E-state index in [-0.39, 0.29) is 11.4 Å². The van der Waals surface area contributed by atoms with E-state index in [1.165, 1.54) is 6.42 Å². The Morgan fingerprint density at radius 3 is 2.43 bits per heavy atom. The second kappa shape index (κ2) is 8.53. The van der Waals surface area contributed by atoms with Crippen LogP contribution in [0.3, 0.4) is 0 Å². The summed E-state index contributed by atoms with van der Waals surface area (Å²) in [5.41, 5.74) is 2.29. The third-order valence-electron chi connectivity index (χ3n) is 5.07. The predicted molar refractivity (Wildman–Crippen MR) is 114 cm³/mol. The number of rotatable bonds is 6. The smallest absolute Gasteiger partial charge is 0.240 e. The van der Waals surface area contributed by atoms with E-state index in [0.29, 0.717) is 17.4 Å². The van der Waals surface area contributed by atoms with Gasteiger partial charge in [-0.1, -0.05) is 12.1 Å². The van der Waals surface area contributed by atoms with Crippen LogP contribution in [0.15, 0.2) is 45.9 Å². The number of nitrogens with zero attached hydrogens (tertiary/aromatic N) is 4. The van der Waals surface area contributed by atoms with Crippen LogP contribution in [0.5, 0.6) is 0 Å². The molecule has 0 aliphatic carbocycles. The minimum Gasteiger partial charge on any atom is -0.449 e. The lowest BCUT2D eigenvalue weighted by Crippen LogP contribution is -2.31. The first-order valence-electron chi connectivity index (χ1n) is 10.0. The summed E-state index contributed by atoms with van der Waals surface area (Å²) in [6.45, 7) is 5.64. The molecule has 30 heavy (non-hydrogen) atoms. The van der Waals surface area contributed by atoms with Crippen LogP contribution in [-0.2, 0) is 16.6 Å². The summed E-state index contributed by atoms with van der Waals surface area (Å²) in [4.78, 5) is 15.6. The number of hydrogen-bond acceptors (Lipinski definition) is 7. The Balaban J connectivity index is 1.47. The summed E-state index contributed by atoms with van der Waals surface area (Å²) in [7, 11) is -3.69. The fourth-order valence-electron chi connectivity index (χ4n) is 3.52. The first-order valence-corrected chi connectivity index (χ1v) is 11.5. The zero-order chi connectivity index (χ0) is 21.1. The highest BCUT2D eigenvalue weighted by molar-refractivity contribution is 7.89. The Labute approximate surface area is 176 Å². The second-order valence-electron chi connectivity index (χ2n) is 7.43. The Hall–Kier alpha value is -2.78. The van der Waals surface area contributed by atoms with Crippen molar-refractivity contribution in [2.75, 3.05) is 18.0 Å². The number of sulfonamides is 1. The van der Waals surface area contributed by atoms with Crippen molar-refractivity contribution in [2.45, 2.75) is 44.6 Å². The van der Waals surface area contributed by atoms with Crippen molar-refractivity contribution < 1.29 is 12.8 Å². The van der Waals surface area contributed by atoms with Gasteiger partial charge in [-0.05, 0) is 38.3 Å². The lowest BCUT2D eigenvalue weighted by molar-refractivity contribution is 0.521. The standard InChI is InChI=1S/C21H25N5O3S/c1-15-12-21(26-10-4-3-5-11-26)25-20(23-15)13-22-30(27,28)18-8-6-17(7-9-18)19-14-29-16(2)24-19/h6-9,12,14,22H,3-5,10-11,13H2,1-2H3. The second-order valence-corrected chi connectivity index (χ2v) is 9.20. The average Bonchev–Trinajstić information content (AvgIpc) is 3.19. The third-order valence-corrected chi connectivity index (χ3v) is 6.48. The molecule has 0 amide bonds. The van der Waals surface area contributed by atoms with Gasteiger partial charge in [-0.25, -0.2) is 28.1 Å². The minimum atomic E-state index is -3.69. The molecule has 0 spiro atoms. The molecular weight excluding hydrogens is 402 g/mol. The zero-order valence-corrected chi connectivity index (χ0v) is 17.9. The van der Waals surface area contributed by atoms with Crippen molar-refractivity contribution in [3.05, 3.63) is 54.0 Å². The van der Waals surface area contributed by atoms with Gasteiger partial charge >= 0.3 is 0 Å². The fraction of sp³-hybridized carbons (Fsp3) is 0.381. The van der Waals surface area contributed by atoms with E-state index in [1.54, 1.807) is 37.5 Å². The quantitative estimate of drug-likeness (QED) is 0.644. The molecule has 1 aliphatic rings. The summed E-state index contributed by atoms with van der Waals surface area (Å²) < 4.78 is 33.3. The molecule has 1 saturated heterocycles. The normalized spacial score (nSPS) is 14.8. The van der Waals surface area contributed by atoms with Crippen LogP contribution in [0.25, 0.3) is 11.3 Å². The molecule has 0 unspecified atom stereocenters. The van der Waals surface area contributed by atoms with Crippen LogP contribution >= 0.6 is 0 Å². The highest BCUT2D eigenvalue weighted by Gasteiger charge is 2.17. The van der Waals surface area contributed by atoms with Crippen LogP contribution in [0.2, 0.25) is 0 Å². The average molecular weight is 428 g/mol. The van der Waals surface area contributed by atoms with Crippen LogP contribution in [0, 0.1) is 13.8 Å². The van der Waals surface area contributed by atoms with Gasteiger partial charge in [-0.15, -0.1) is 0 Å². The number of hydrogen-bond donors (Lipinski definition) is 1. The van der Waals surface area contributed by atoms with Gasteiger partial charge in [-0.3, -0.25) is 0 Å². The van der Waals surface area contributed by atoms with Gasteiger partial charge < -0.3 is 9.32 Å². The maximum absolute atomic E-state index is 12.7. The zero-order valence-electron chi connectivity index (χ0n) is 17.1. The van der Waals surface area contributed by atoms with E-state index in [9.17, 15) is 8.42 Å². The van der Waals surface area contributed by atoms with Gasteiger partial charge in [-0.2, -0.15) is 0 Å². The molecule has 0 radical (unpaired) electrons. The molecule has 9 heteroatoms. The van der Waals surface area contributed by atoms with E-state index >= 15 is 0 Å². The fourth-order valence-corrected chi connectivity index (χ4v) is 4.50. The maximum Gasteiger partial charge on any atom is 0.240 e.